The van der Waals surface area contributed by atoms with Crippen LogP contribution in [0.25, 0.3) is 0 Å². The van der Waals surface area contributed by atoms with Crippen molar-refractivity contribution in [1.82, 2.24) is 10.3 Å². The van der Waals surface area contributed by atoms with E-state index in [1.165, 1.54) is 37.5 Å². The Bertz CT molecular complexity index is 659. The zero-order chi connectivity index (χ0) is 16.3. The third-order valence-corrected chi connectivity index (χ3v) is 3.77. The fourth-order valence-electron chi connectivity index (χ4n) is 1.90. The highest BCUT2D eigenvalue weighted by Gasteiger charge is 2.34. The van der Waals surface area contributed by atoms with Gasteiger partial charge >= 0.3 is 5.97 Å². The van der Waals surface area contributed by atoms with Gasteiger partial charge in [-0.05, 0) is 6.07 Å². The molecule has 2 amide bonds. The van der Waals surface area contributed by atoms with Crippen LogP contribution in [-0.2, 0) is 14.4 Å². The van der Waals surface area contributed by atoms with E-state index in [-0.39, 0.29) is 11.8 Å². The number of rotatable bonds is 2. The highest BCUT2D eigenvalue weighted by Crippen LogP contribution is 2.42. The number of para-hydroxylation sites is 1. The van der Waals surface area contributed by atoms with Gasteiger partial charge in [0.1, 0.15) is 11.1 Å². The van der Waals surface area contributed by atoms with E-state index in [1.807, 2.05) is 0 Å². The van der Waals surface area contributed by atoms with Crippen LogP contribution in [0.3, 0.4) is 0 Å². The van der Waals surface area contributed by atoms with Crippen LogP contribution in [0.5, 0.6) is 5.75 Å². The molecular weight excluding hydrogens is 306 g/mol. The van der Waals surface area contributed by atoms with E-state index in [1.54, 1.807) is 24.3 Å². The summed E-state index contributed by atoms with van der Waals surface area (Å²) >= 11 is 1.20. The minimum atomic E-state index is -0.505. The van der Waals surface area contributed by atoms with Gasteiger partial charge in [-0.25, -0.2) is 5.01 Å². The van der Waals surface area contributed by atoms with Gasteiger partial charge in [0.2, 0.25) is 11.8 Å². The highest BCUT2D eigenvalue weighted by atomic mass is 32.2. The number of hydrogen-bond acceptors (Lipinski definition) is 6. The second-order valence-electron chi connectivity index (χ2n) is 4.55. The first-order valence-corrected chi connectivity index (χ1v) is 7.36. The van der Waals surface area contributed by atoms with Crippen molar-refractivity contribution >= 4 is 34.7 Å². The van der Waals surface area contributed by atoms with Gasteiger partial charge in [0.25, 0.3) is 0 Å². The molecule has 0 bridgehead atoms. The monoisotopic (exact) mass is 321 g/mol. The molecule has 0 fully saturated rings. The van der Waals surface area contributed by atoms with Crippen molar-refractivity contribution in [3.63, 3.8) is 0 Å². The van der Waals surface area contributed by atoms with Crippen molar-refractivity contribution in [2.45, 2.75) is 26.1 Å². The van der Waals surface area contributed by atoms with Gasteiger partial charge in [-0.1, -0.05) is 30.0 Å². The third kappa shape index (κ3) is 3.64. The molecule has 1 N–H and O–H groups in total. The van der Waals surface area contributed by atoms with Gasteiger partial charge in [0, 0.05) is 26.3 Å². The Morgan fingerprint density at radius 2 is 1.91 bits per heavy atom. The molecule has 0 aromatic heterocycles. The van der Waals surface area contributed by atoms with Gasteiger partial charge < -0.3 is 10.1 Å². The van der Waals surface area contributed by atoms with Crippen LogP contribution in [0.2, 0.25) is 0 Å². The number of carbonyl (C=O) groups excluding carboxylic acids is 3. The van der Waals surface area contributed by atoms with E-state index in [0.29, 0.717) is 16.5 Å². The SMILES string of the molecule is CC(=O)NC1=NN(C(C)=O)[C@@H](c2ccccc2OC(C)=O)S1. The first kappa shape index (κ1) is 16.0. The van der Waals surface area contributed by atoms with Crippen LogP contribution in [-0.4, -0.2) is 28.0 Å². The summed E-state index contributed by atoms with van der Waals surface area (Å²) in [4.78, 5) is 34.1. The second kappa shape index (κ2) is 6.61. The summed E-state index contributed by atoms with van der Waals surface area (Å²) in [6, 6.07) is 6.90. The highest BCUT2D eigenvalue weighted by molar-refractivity contribution is 8.14. The smallest absolute Gasteiger partial charge is 0.308 e. The third-order valence-electron chi connectivity index (χ3n) is 2.69. The van der Waals surface area contributed by atoms with Crippen LogP contribution in [0.1, 0.15) is 31.7 Å². The lowest BCUT2D eigenvalue weighted by molar-refractivity contribution is -0.132. The number of amides is 2. The van der Waals surface area contributed by atoms with E-state index in [9.17, 15) is 14.4 Å². The number of nitrogens with one attached hydrogen (secondary N) is 1. The normalized spacial score (nSPS) is 17.0. The fraction of sp³-hybridized carbons (Fsp3) is 0.286. The first-order valence-electron chi connectivity index (χ1n) is 6.48. The number of benzene rings is 1. The Morgan fingerprint density at radius 3 is 2.50 bits per heavy atom. The number of amidine groups is 1. The number of ether oxygens (including phenoxy) is 1. The van der Waals surface area contributed by atoms with Crippen molar-refractivity contribution < 1.29 is 19.1 Å². The lowest BCUT2D eigenvalue weighted by Crippen LogP contribution is -2.25. The number of hydrazone groups is 1. The van der Waals surface area contributed by atoms with Gasteiger partial charge in [-0.15, -0.1) is 5.10 Å². The van der Waals surface area contributed by atoms with Gasteiger partial charge in [0.15, 0.2) is 5.17 Å². The first-order chi connectivity index (χ1) is 10.4. The van der Waals surface area contributed by atoms with Crippen LogP contribution in [0, 0.1) is 0 Å². The Labute approximate surface area is 131 Å². The molecule has 2 rings (SSSR count). The van der Waals surface area contributed by atoms with Crippen LogP contribution in [0.15, 0.2) is 29.4 Å². The summed E-state index contributed by atoms with van der Waals surface area (Å²) in [6.07, 6.45) is 0. The zero-order valence-corrected chi connectivity index (χ0v) is 13.1. The van der Waals surface area contributed by atoms with E-state index >= 15 is 0 Å². The Kier molecular flexibility index (Phi) is 4.81. The largest absolute Gasteiger partial charge is 0.426 e. The van der Waals surface area contributed by atoms with Crippen molar-refractivity contribution in [3.05, 3.63) is 29.8 Å². The Hall–Kier alpha value is -2.35. The van der Waals surface area contributed by atoms with Gasteiger partial charge in [-0.3, -0.25) is 14.4 Å². The number of carbonyl (C=O) groups is 3. The fourth-order valence-corrected chi connectivity index (χ4v) is 3.06. The molecule has 116 valence electrons. The van der Waals surface area contributed by atoms with E-state index < -0.39 is 11.3 Å². The van der Waals surface area contributed by atoms with Crippen LogP contribution >= 0.6 is 11.8 Å². The molecular formula is C14H15N3O4S. The van der Waals surface area contributed by atoms with Crippen molar-refractivity contribution in [1.29, 1.82) is 0 Å². The molecule has 0 saturated carbocycles. The standard InChI is InChI=1S/C14H15N3O4S/c1-8(18)15-14-16-17(9(2)19)13(22-14)11-6-4-5-7-12(11)21-10(3)20/h4-7,13H,1-3H3,(H,15,16,18)/t13-/m1/s1. The maximum absolute atomic E-state index is 11.8. The van der Waals surface area contributed by atoms with Crippen molar-refractivity contribution in [2.24, 2.45) is 5.10 Å². The maximum Gasteiger partial charge on any atom is 0.308 e. The van der Waals surface area contributed by atoms with Crippen LogP contribution < -0.4 is 10.1 Å². The molecule has 0 aliphatic carbocycles. The maximum atomic E-state index is 11.8. The average Bonchev–Trinajstić information content (AvgIpc) is 2.81. The van der Waals surface area contributed by atoms with Gasteiger partial charge in [0.05, 0.1) is 0 Å². The molecule has 8 heteroatoms. The van der Waals surface area contributed by atoms with Crippen molar-refractivity contribution in [3.8, 4) is 5.75 Å². The number of esters is 1. The van der Waals surface area contributed by atoms with E-state index in [2.05, 4.69) is 10.4 Å². The Balaban J connectivity index is 2.34. The molecule has 0 unspecified atom stereocenters. The Morgan fingerprint density at radius 1 is 1.23 bits per heavy atom. The average molecular weight is 321 g/mol. The van der Waals surface area contributed by atoms with Gasteiger partial charge in [-0.2, -0.15) is 0 Å². The number of thioether (sulfide) groups is 1. The molecule has 0 saturated heterocycles. The second-order valence-corrected chi connectivity index (χ2v) is 5.62. The number of hydrogen-bond donors (Lipinski definition) is 1. The molecule has 1 atom stereocenters. The zero-order valence-electron chi connectivity index (χ0n) is 12.3. The lowest BCUT2D eigenvalue weighted by Gasteiger charge is -2.21. The van der Waals surface area contributed by atoms with Crippen molar-refractivity contribution in [2.75, 3.05) is 0 Å². The molecule has 0 radical (unpaired) electrons. The summed E-state index contributed by atoms with van der Waals surface area (Å²) in [6.45, 7) is 4.05. The summed E-state index contributed by atoms with van der Waals surface area (Å²) < 4.78 is 5.17. The molecule has 7 nitrogen and oxygen atoms in total. The quantitative estimate of drug-likeness (QED) is 0.660. The summed E-state index contributed by atoms with van der Waals surface area (Å²) in [7, 11) is 0. The minimum absolute atomic E-state index is 0.274. The minimum Gasteiger partial charge on any atom is -0.426 e. The predicted molar refractivity (Wildman–Crippen MR) is 81.9 cm³/mol. The molecule has 1 aromatic rings. The lowest BCUT2D eigenvalue weighted by atomic mass is 10.2. The van der Waals surface area contributed by atoms with Crippen LogP contribution in [0.4, 0.5) is 0 Å². The molecule has 1 aliphatic rings. The van der Waals surface area contributed by atoms with E-state index in [4.69, 9.17) is 4.74 Å². The molecule has 22 heavy (non-hydrogen) atoms. The summed E-state index contributed by atoms with van der Waals surface area (Å²) in [5, 5.41) is 7.72. The molecule has 1 aliphatic heterocycles. The summed E-state index contributed by atoms with van der Waals surface area (Å²) in [5.41, 5.74) is 0.627. The molecule has 1 heterocycles. The molecule has 1 aromatic carbocycles. The van der Waals surface area contributed by atoms with E-state index in [0.717, 1.165) is 0 Å². The summed E-state index contributed by atoms with van der Waals surface area (Å²) in [5.74, 6) is -0.648. The topological polar surface area (TPSA) is 88.1 Å². The number of nitrogens with zero attached hydrogens (tertiary/aromatic N) is 2. The predicted octanol–water partition coefficient (Wildman–Crippen LogP) is 1.61. The molecule has 0 spiro atoms.